The van der Waals surface area contributed by atoms with Crippen LogP contribution >= 0.6 is 0 Å². The van der Waals surface area contributed by atoms with Gasteiger partial charge in [-0.1, -0.05) is 0 Å². The van der Waals surface area contributed by atoms with Gasteiger partial charge >= 0.3 is 0 Å². The second-order valence-electron chi connectivity index (χ2n) is 5.49. The van der Waals surface area contributed by atoms with E-state index in [2.05, 4.69) is 0 Å². The highest BCUT2D eigenvalue weighted by Gasteiger charge is 2.21. The van der Waals surface area contributed by atoms with Gasteiger partial charge in [0, 0.05) is 32.9 Å². The predicted octanol–water partition coefficient (Wildman–Crippen LogP) is -0.815. The van der Waals surface area contributed by atoms with Crippen LogP contribution in [0.2, 0.25) is 0 Å². The van der Waals surface area contributed by atoms with Crippen LogP contribution in [-0.4, -0.2) is 78.0 Å². The van der Waals surface area contributed by atoms with Gasteiger partial charge in [-0.3, -0.25) is 0 Å². The van der Waals surface area contributed by atoms with Crippen LogP contribution in [0.1, 0.15) is 25.7 Å². The Morgan fingerprint density at radius 2 is 1.17 bits per heavy atom. The standard InChI is InChI=1S/C16H38N4O4/c17-5-2-9-21-8-1-4-15(23-10-3-6-18)16(14-20)24-13-12-22-11-7-19/h15-16H,1-14,17-20H2. The Labute approximate surface area is 146 Å². The fraction of sp³-hybridized carbons (Fsp3) is 1.00. The smallest absolute Gasteiger partial charge is 0.0959 e. The van der Waals surface area contributed by atoms with Crippen molar-refractivity contribution in [1.82, 2.24) is 0 Å². The highest BCUT2D eigenvalue weighted by atomic mass is 16.6. The van der Waals surface area contributed by atoms with Gasteiger partial charge in [0.05, 0.1) is 32.0 Å². The van der Waals surface area contributed by atoms with Gasteiger partial charge < -0.3 is 41.9 Å². The number of nitrogens with two attached hydrogens (primary N) is 4. The molecule has 146 valence electrons. The molecule has 0 aliphatic rings. The molecule has 0 saturated carbocycles. The first-order chi connectivity index (χ1) is 11.8. The molecule has 0 aliphatic carbocycles. The van der Waals surface area contributed by atoms with Crippen molar-refractivity contribution >= 4 is 0 Å². The van der Waals surface area contributed by atoms with Gasteiger partial charge in [0.1, 0.15) is 0 Å². The molecule has 2 unspecified atom stereocenters. The summed E-state index contributed by atoms with van der Waals surface area (Å²) in [5.41, 5.74) is 22.2. The molecule has 0 spiro atoms. The Hall–Kier alpha value is -0.320. The first-order valence-electron chi connectivity index (χ1n) is 8.99. The SMILES string of the molecule is NCCCOCCCC(OCCCN)C(CN)OCCOCCN. The Morgan fingerprint density at radius 1 is 0.542 bits per heavy atom. The number of ether oxygens (including phenoxy) is 4. The molecule has 8 N–H and O–H groups in total. The minimum absolute atomic E-state index is 0.0610. The van der Waals surface area contributed by atoms with E-state index in [9.17, 15) is 0 Å². The highest BCUT2D eigenvalue weighted by Crippen LogP contribution is 2.11. The first-order valence-corrected chi connectivity index (χ1v) is 8.99. The van der Waals surface area contributed by atoms with E-state index in [0.29, 0.717) is 65.8 Å². The lowest BCUT2D eigenvalue weighted by molar-refractivity contribution is -0.0849. The molecular formula is C16H38N4O4. The molecule has 0 radical (unpaired) electrons. The van der Waals surface area contributed by atoms with Gasteiger partial charge in [0.25, 0.3) is 0 Å². The monoisotopic (exact) mass is 350 g/mol. The Kier molecular flexibility index (Phi) is 18.8. The van der Waals surface area contributed by atoms with Crippen molar-refractivity contribution in [3.63, 3.8) is 0 Å². The Bertz CT molecular complexity index is 250. The summed E-state index contributed by atoms with van der Waals surface area (Å²) in [6.07, 6.45) is 3.20. The van der Waals surface area contributed by atoms with E-state index in [4.69, 9.17) is 41.9 Å². The third-order valence-corrected chi connectivity index (χ3v) is 3.42. The van der Waals surface area contributed by atoms with Crippen molar-refractivity contribution in [2.24, 2.45) is 22.9 Å². The number of rotatable bonds is 19. The van der Waals surface area contributed by atoms with Crippen LogP contribution in [-0.2, 0) is 18.9 Å². The second-order valence-corrected chi connectivity index (χ2v) is 5.49. The van der Waals surface area contributed by atoms with E-state index in [1.807, 2.05) is 0 Å². The highest BCUT2D eigenvalue weighted by molar-refractivity contribution is 4.72. The molecule has 0 bridgehead atoms. The van der Waals surface area contributed by atoms with Crippen LogP contribution in [0.15, 0.2) is 0 Å². The summed E-state index contributed by atoms with van der Waals surface area (Å²) in [6.45, 7) is 5.69. The normalized spacial score (nSPS) is 14.0. The van der Waals surface area contributed by atoms with Gasteiger partial charge in [0.15, 0.2) is 0 Å². The molecular weight excluding hydrogens is 312 g/mol. The number of hydrogen-bond donors (Lipinski definition) is 4. The summed E-state index contributed by atoms with van der Waals surface area (Å²) in [5.74, 6) is 0. The van der Waals surface area contributed by atoms with Crippen LogP contribution in [0, 0.1) is 0 Å². The zero-order valence-corrected chi connectivity index (χ0v) is 15.0. The van der Waals surface area contributed by atoms with E-state index in [1.165, 1.54) is 0 Å². The molecule has 0 fully saturated rings. The Balaban J connectivity index is 4.10. The molecule has 0 aromatic heterocycles. The maximum Gasteiger partial charge on any atom is 0.0959 e. The van der Waals surface area contributed by atoms with Gasteiger partial charge in [-0.05, 0) is 38.8 Å². The lowest BCUT2D eigenvalue weighted by Gasteiger charge is -2.27. The molecule has 0 heterocycles. The summed E-state index contributed by atoms with van der Waals surface area (Å²) in [6, 6.07) is 0. The minimum atomic E-state index is -0.159. The summed E-state index contributed by atoms with van der Waals surface area (Å²) >= 11 is 0. The first kappa shape index (κ1) is 23.7. The van der Waals surface area contributed by atoms with Gasteiger partial charge in [0.2, 0.25) is 0 Å². The summed E-state index contributed by atoms with van der Waals surface area (Å²) in [4.78, 5) is 0. The lowest BCUT2D eigenvalue weighted by atomic mass is 10.1. The number of hydrogen-bond acceptors (Lipinski definition) is 8. The van der Waals surface area contributed by atoms with Crippen molar-refractivity contribution in [1.29, 1.82) is 0 Å². The maximum absolute atomic E-state index is 5.92. The third kappa shape index (κ3) is 14.1. The van der Waals surface area contributed by atoms with Crippen LogP contribution in [0.3, 0.4) is 0 Å². The Morgan fingerprint density at radius 3 is 1.83 bits per heavy atom. The molecule has 0 rings (SSSR count). The fourth-order valence-corrected chi connectivity index (χ4v) is 2.14. The van der Waals surface area contributed by atoms with Crippen molar-refractivity contribution in [3.05, 3.63) is 0 Å². The average molecular weight is 351 g/mol. The molecule has 0 aromatic rings. The summed E-state index contributed by atoms with van der Waals surface area (Å²) < 4.78 is 22.6. The second kappa shape index (κ2) is 19.0. The van der Waals surface area contributed by atoms with Gasteiger partial charge in [-0.25, -0.2) is 0 Å². The molecule has 0 amide bonds. The van der Waals surface area contributed by atoms with E-state index in [-0.39, 0.29) is 12.2 Å². The zero-order chi connectivity index (χ0) is 17.9. The molecule has 8 nitrogen and oxygen atoms in total. The quantitative estimate of drug-likeness (QED) is 0.222. The fourth-order valence-electron chi connectivity index (χ4n) is 2.14. The summed E-state index contributed by atoms with van der Waals surface area (Å²) in [5, 5.41) is 0. The molecule has 2 atom stereocenters. The van der Waals surface area contributed by atoms with E-state index < -0.39 is 0 Å². The predicted molar refractivity (Wildman–Crippen MR) is 95.8 cm³/mol. The van der Waals surface area contributed by atoms with Crippen molar-refractivity contribution in [2.75, 3.05) is 65.8 Å². The molecule has 0 saturated heterocycles. The average Bonchev–Trinajstić information content (AvgIpc) is 2.60. The van der Waals surface area contributed by atoms with Crippen molar-refractivity contribution < 1.29 is 18.9 Å². The topological polar surface area (TPSA) is 141 Å². The largest absolute Gasteiger partial charge is 0.381 e. The van der Waals surface area contributed by atoms with Crippen LogP contribution in [0.25, 0.3) is 0 Å². The summed E-state index contributed by atoms with van der Waals surface area (Å²) in [7, 11) is 0. The molecule has 24 heavy (non-hydrogen) atoms. The van der Waals surface area contributed by atoms with Crippen LogP contribution in [0.4, 0.5) is 0 Å². The van der Waals surface area contributed by atoms with E-state index in [1.54, 1.807) is 0 Å². The van der Waals surface area contributed by atoms with E-state index in [0.717, 1.165) is 25.7 Å². The van der Waals surface area contributed by atoms with Crippen molar-refractivity contribution in [2.45, 2.75) is 37.9 Å². The van der Waals surface area contributed by atoms with E-state index >= 15 is 0 Å². The van der Waals surface area contributed by atoms with Crippen LogP contribution in [0.5, 0.6) is 0 Å². The molecule has 8 heteroatoms. The van der Waals surface area contributed by atoms with Gasteiger partial charge in [-0.2, -0.15) is 0 Å². The van der Waals surface area contributed by atoms with Crippen molar-refractivity contribution in [3.8, 4) is 0 Å². The minimum Gasteiger partial charge on any atom is -0.381 e. The third-order valence-electron chi connectivity index (χ3n) is 3.42. The lowest BCUT2D eigenvalue weighted by Crippen LogP contribution is -2.39. The zero-order valence-electron chi connectivity index (χ0n) is 15.0. The molecule has 0 aliphatic heterocycles. The van der Waals surface area contributed by atoms with Gasteiger partial charge in [-0.15, -0.1) is 0 Å². The molecule has 0 aromatic carbocycles. The van der Waals surface area contributed by atoms with Crippen LogP contribution < -0.4 is 22.9 Å². The maximum atomic E-state index is 5.92.